The molecule has 0 aliphatic heterocycles. The Labute approximate surface area is 152 Å². The van der Waals surface area contributed by atoms with E-state index in [-0.39, 0.29) is 0 Å². The van der Waals surface area contributed by atoms with E-state index in [1.807, 2.05) is 36.9 Å². The van der Waals surface area contributed by atoms with E-state index in [0.29, 0.717) is 28.8 Å². The van der Waals surface area contributed by atoms with Crippen molar-refractivity contribution in [3.8, 4) is 5.75 Å². The van der Waals surface area contributed by atoms with Crippen LogP contribution in [0, 0.1) is 4.77 Å². The van der Waals surface area contributed by atoms with Crippen molar-refractivity contribution in [2.45, 2.75) is 19.7 Å². The maximum absolute atomic E-state index is 6.10. The van der Waals surface area contributed by atoms with E-state index in [2.05, 4.69) is 10.00 Å². The Hall–Kier alpha value is -1.41. The molecule has 0 fully saturated rings. The highest BCUT2D eigenvalue weighted by atomic mass is 35.5. The van der Waals surface area contributed by atoms with Crippen LogP contribution < -0.4 is 4.74 Å². The van der Waals surface area contributed by atoms with Crippen LogP contribution in [0.1, 0.15) is 12.2 Å². The van der Waals surface area contributed by atoms with E-state index in [9.17, 15) is 0 Å². The second kappa shape index (κ2) is 9.17. The lowest BCUT2D eigenvalue weighted by Crippen LogP contribution is -2.24. The first-order chi connectivity index (χ1) is 11.5. The highest BCUT2D eigenvalue weighted by molar-refractivity contribution is 7.71. The third-order valence-corrected chi connectivity index (χ3v) is 4.39. The van der Waals surface area contributed by atoms with Crippen molar-refractivity contribution in [3.05, 3.63) is 39.9 Å². The molecule has 1 aromatic heterocycles. The molecule has 0 unspecified atom stereocenters. The molecule has 0 aliphatic rings. The van der Waals surface area contributed by atoms with Gasteiger partial charge in [0.1, 0.15) is 12.4 Å². The predicted octanol–water partition coefficient (Wildman–Crippen LogP) is 3.11. The summed E-state index contributed by atoms with van der Waals surface area (Å²) in [5.74, 6) is 1.39. The molecule has 2 aromatic rings. The first-order valence-corrected chi connectivity index (χ1v) is 8.49. The molecule has 6 nitrogen and oxygen atoms in total. The van der Waals surface area contributed by atoms with E-state index >= 15 is 0 Å². The molecule has 0 spiro atoms. The molecule has 0 atom stereocenters. The summed E-state index contributed by atoms with van der Waals surface area (Å²) in [4.78, 5) is 2.15. The monoisotopic (exact) mass is 370 g/mol. The minimum absolute atomic E-state index is 0.310. The third-order valence-electron chi connectivity index (χ3n) is 3.59. The van der Waals surface area contributed by atoms with Gasteiger partial charge in [-0.1, -0.05) is 23.7 Å². The molecule has 0 saturated heterocycles. The van der Waals surface area contributed by atoms with Crippen LogP contribution in [0.4, 0.5) is 0 Å². The van der Waals surface area contributed by atoms with Gasteiger partial charge in [-0.25, -0.2) is 4.68 Å². The van der Waals surface area contributed by atoms with Gasteiger partial charge in [-0.05, 0) is 37.8 Å². The van der Waals surface area contributed by atoms with Crippen molar-refractivity contribution in [1.82, 2.24) is 19.2 Å². The Balaban J connectivity index is 2.00. The largest absolute Gasteiger partial charge is 0.484 e. The van der Waals surface area contributed by atoms with Crippen LogP contribution in [0.2, 0.25) is 5.02 Å². The Kier molecular flexibility index (Phi) is 7.23. The van der Waals surface area contributed by atoms with Crippen molar-refractivity contribution in [1.29, 1.82) is 0 Å². The van der Waals surface area contributed by atoms with E-state index < -0.39 is 0 Å². The molecule has 8 heteroatoms. The number of ether oxygens (including phenoxy) is 2. The fraction of sp³-hybridized carbons (Fsp3) is 0.500. The molecule has 2 rings (SSSR count). The number of benzene rings is 1. The normalized spacial score (nSPS) is 11.2. The number of para-hydroxylation sites is 1. The van der Waals surface area contributed by atoms with Gasteiger partial charge in [0.25, 0.3) is 0 Å². The number of nitrogens with zero attached hydrogens (tertiary/aromatic N) is 4. The number of rotatable bonds is 9. The minimum Gasteiger partial charge on any atom is -0.484 e. The number of hydrogen-bond donors (Lipinski definition) is 0. The van der Waals surface area contributed by atoms with Crippen LogP contribution >= 0.6 is 23.8 Å². The first kappa shape index (κ1) is 18.9. The maximum Gasteiger partial charge on any atom is 0.198 e. The van der Waals surface area contributed by atoms with Crippen LogP contribution in [-0.2, 0) is 25.1 Å². The smallest absolute Gasteiger partial charge is 0.198 e. The molecular formula is C16H23ClN4O2S. The molecule has 0 saturated carbocycles. The van der Waals surface area contributed by atoms with Gasteiger partial charge in [0, 0.05) is 27.3 Å². The van der Waals surface area contributed by atoms with Crippen LogP contribution in [0.3, 0.4) is 0 Å². The average Bonchev–Trinajstić information content (AvgIpc) is 2.82. The summed E-state index contributed by atoms with van der Waals surface area (Å²) in [5, 5.41) is 5.14. The lowest BCUT2D eigenvalue weighted by atomic mass is 10.3. The van der Waals surface area contributed by atoms with Crippen LogP contribution in [0.5, 0.6) is 5.75 Å². The van der Waals surface area contributed by atoms with Crippen LogP contribution in [0.15, 0.2) is 24.3 Å². The summed E-state index contributed by atoms with van der Waals surface area (Å²) in [7, 11) is 5.63. The van der Waals surface area contributed by atoms with Gasteiger partial charge in [-0.15, -0.1) is 0 Å². The van der Waals surface area contributed by atoms with Crippen molar-refractivity contribution >= 4 is 23.8 Å². The highest BCUT2D eigenvalue weighted by Gasteiger charge is 2.11. The van der Waals surface area contributed by atoms with Crippen LogP contribution in [0.25, 0.3) is 0 Å². The van der Waals surface area contributed by atoms with Crippen molar-refractivity contribution < 1.29 is 9.47 Å². The van der Waals surface area contributed by atoms with E-state index in [0.717, 1.165) is 25.4 Å². The standard InChI is InChI=1S/C16H23ClN4O2S/c1-19(9-6-10-22-3)12-21-16(24)20(2)15(18-21)11-23-14-8-5-4-7-13(14)17/h4-5,7-8H,6,9-12H2,1-3H3. The molecule has 0 radical (unpaired) electrons. The zero-order chi connectivity index (χ0) is 17.5. The van der Waals surface area contributed by atoms with Gasteiger partial charge in [-0.3, -0.25) is 4.90 Å². The summed E-state index contributed by atoms with van der Waals surface area (Å²) < 4.78 is 15.1. The quantitative estimate of drug-likeness (QED) is 0.501. The Bertz CT molecular complexity index is 716. The van der Waals surface area contributed by atoms with Gasteiger partial charge >= 0.3 is 0 Å². The van der Waals surface area contributed by atoms with Crippen molar-refractivity contribution in [2.75, 3.05) is 27.3 Å². The Morgan fingerprint density at radius 2 is 2.08 bits per heavy atom. The summed E-state index contributed by atoms with van der Waals surface area (Å²) in [6, 6.07) is 7.37. The number of halogens is 1. The fourth-order valence-corrected chi connectivity index (χ4v) is 2.63. The molecule has 132 valence electrons. The zero-order valence-corrected chi connectivity index (χ0v) is 15.8. The second-order valence-electron chi connectivity index (χ2n) is 5.54. The van der Waals surface area contributed by atoms with E-state index in [1.54, 1.807) is 17.9 Å². The summed E-state index contributed by atoms with van der Waals surface area (Å²) in [6.45, 7) is 2.60. The molecular weight excluding hydrogens is 348 g/mol. The van der Waals surface area contributed by atoms with Gasteiger partial charge < -0.3 is 14.0 Å². The molecule has 1 heterocycles. The molecule has 0 N–H and O–H groups in total. The lowest BCUT2D eigenvalue weighted by Gasteiger charge is -2.15. The molecule has 24 heavy (non-hydrogen) atoms. The Morgan fingerprint density at radius 3 is 2.79 bits per heavy atom. The topological polar surface area (TPSA) is 44.4 Å². The maximum atomic E-state index is 6.10. The first-order valence-electron chi connectivity index (χ1n) is 7.70. The second-order valence-corrected chi connectivity index (χ2v) is 6.32. The minimum atomic E-state index is 0.310. The van der Waals surface area contributed by atoms with Crippen molar-refractivity contribution in [3.63, 3.8) is 0 Å². The number of hydrogen-bond acceptors (Lipinski definition) is 5. The SMILES string of the molecule is COCCCN(C)Cn1nc(COc2ccccc2Cl)n(C)c1=S. The summed E-state index contributed by atoms with van der Waals surface area (Å²) >= 11 is 11.6. The zero-order valence-electron chi connectivity index (χ0n) is 14.2. The summed E-state index contributed by atoms with van der Waals surface area (Å²) in [6.07, 6.45) is 0.968. The molecule has 1 aromatic carbocycles. The summed E-state index contributed by atoms with van der Waals surface area (Å²) in [5.41, 5.74) is 0. The fourth-order valence-electron chi connectivity index (χ4n) is 2.23. The molecule has 0 amide bonds. The van der Waals surface area contributed by atoms with E-state index in [4.69, 9.17) is 33.3 Å². The van der Waals surface area contributed by atoms with Crippen molar-refractivity contribution in [2.24, 2.45) is 7.05 Å². The van der Waals surface area contributed by atoms with Gasteiger partial charge in [0.05, 0.1) is 11.7 Å². The van der Waals surface area contributed by atoms with Crippen LogP contribution in [-0.4, -0.2) is 46.6 Å². The number of aromatic nitrogens is 3. The number of methoxy groups -OCH3 is 1. The highest BCUT2D eigenvalue weighted by Crippen LogP contribution is 2.23. The van der Waals surface area contributed by atoms with Gasteiger partial charge in [-0.2, -0.15) is 5.10 Å². The molecule has 0 bridgehead atoms. The third kappa shape index (κ3) is 5.04. The predicted molar refractivity (Wildman–Crippen MR) is 96.9 cm³/mol. The average molecular weight is 371 g/mol. The van der Waals surface area contributed by atoms with E-state index in [1.165, 1.54) is 0 Å². The van der Waals surface area contributed by atoms with Gasteiger partial charge in [0.2, 0.25) is 0 Å². The van der Waals surface area contributed by atoms with Gasteiger partial charge in [0.15, 0.2) is 10.6 Å². The molecule has 0 aliphatic carbocycles. The lowest BCUT2D eigenvalue weighted by molar-refractivity contribution is 0.167. The Morgan fingerprint density at radius 1 is 1.33 bits per heavy atom.